The largest absolute Gasteiger partial charge is 0.497 e. The van der Waals surface area contributed by atoms with Gasteiger partial charge in [0.15, 0.2) is 0 Å². The molecule has 2 atom stereocenters. The number of likely N-dealkylation sites (tertiary alicyclic amines) is 1. The van der Waals surface area contributed by atoms with Gasteiger partial charge in [0.05, 0.1) is 17.5 Å². The van der Waals surface area contributed by atoms with Crippen molar-refractivity contribution in [2.75, 3.05) is 20.2 Å². The van der Waals surface area contributed by atoms with E-state index in [1.807, 2.05) is 18.2 Å². The van der Waals surface area contributed by atoms with Crippen molar-refractivity contribution in [3.63, 3.8) is 0 Å². The van der Waals surface area contributed by atoms with Gasteiger partial charge in [-0.15, -0.1) is 0 Å². The van der Waals surface area contributed by atoms with E-state index in [2.05, 4.69) is 22.0 Å². The fourth-order valence-electron chi connectivity index (χ4n) is 6.13. The van der Waals surface area contributed by atoms with Crippen LogP contribution in [-0.4, -0.2) is 40.9 Å². The summed E-state index contributed by atoms with van der Waals surface area (Å²) in [6.07, 6.45) is 4.62. The van der Waals surface area contributed by atoms with Crippen molar-refractivity contribution >= 4 is 22.5 Å². The van der Waals surface area contributed by atoms with E-state index in [9.17, 15) is 14.9 Å². The molecule has 0 bridgehead atoms. The highest BCUT2D eigenvalue weighted by atomic mass is 16.6. The molecule has 170 valence electrons. The molecule has 1 aliphatic heterocycles. The number of rotatable bonds is 4. The van der Waals surface area contributed by atoms with Crippen LogP contribution in [0.3, 0.4) is 0 Å². The molecule has 2 fully saturated rings. The number of fused-ring (bicyclic) bond motifs is 4. The standard InChI is InChI=1S/C26H27N3O4/c1-33-20-4-2-3-17(11-20)26-9-10-28(25(30)16-5-6-16)15-18(26)12-22-21-8-7-19(29(31)32)13-23(21)27-24(22)14-26/h2-4,7-8,11,13,16,18,27H,5-6,9-10,12,14-15H2,1H3. The van der Waals surface area contributed by atoms with Crippen molar-refractivity contribution in [1.29, 1.82) is 0 Å². The highest BCUT2D eigenvalue weighted by Gasteiger charge is 2.50. The summed E-state index contributed by atoms with van der Waals surface area (Å²) in [7, 11) is 1.69. The number of carbonyl (C=O) groups is 1. The number of nitrogens with one attached hydrogen (secondary N) is 1. The lowest BCUT2D eigenvalue weighted by atomic mass is 9.58. The van der Waals surface area contributed by atoms with Crippen LogP contribution < -0.4 is 4.74 Å². The van der Waals surface area contributed by atoms with E-state index >= 15 is 0 Å². The van der Waals surface area contributed by atoms with Crippen molar-refractivity contribution in [2.24, 2.45) is 11.8 Å². The van der Waals surface area contributed by atoms with Crippen molar-refractivity contribution in [2.45, 2.75) is 37.5 Å². The summed E-state index contributed by atoms with van der Waals surface area (Å²) in [5.41, 5.74) is 4.47. The molecule has 1 saturated heterocycles. The van der Waals surface area contributed by atoms with E-state index in [-0.39, 0.29) is 27.9 Å². The van der Waals surface area contributed by atoms with E-state index in [0.717, 1.165) is 67.5 Å². The van der Waals surface area contributed by atoms with Gasteiger partial charge in [0, 0.05) is 47.6 Å². The van der Waals surface area contributed by atoms with Gasteiger partial charge in [0.25, 0.3) is 5.69 Å². The summed E-state index contributed by atoms with van der Waals surface area (Å²) in [4.78, 5) is 29.5. The van der Waals surface area contributed by atoms with Gasteiger partial charge >= 0.3 is 0 Å². The number of H-pyrrole nitrogens is 1. The molecule has 6 rings (SSSR count). The van der Waals surface area contributed by atoms with E-state index in [1.165, 1.54) is 11.1 Å². The van der Waals surface area contributed by atoms with Crippen LogP contribution in [0.5, 0.6) is 5.75 Å². The second-order valence-corrected chi connectivity index (χ2v) is 9.84. The number of carbonyl (C=O) groups excluding carboxylic acids is 1. The number of nitro benzene ring substituents is 1. The lowest BCUT2D eigenvalue weighted by Gasteiger charge is -2.51. The van der Waals surface area contributed by atoms with Crippen LogP contribution in [0.4, 0.5) is 5.69 Å². The molecule has 0 radical (unpaired) electrons. The fourth-order valence-corrected chi connectivity index (χ4v) is 6.13. The SMILES string of the molecule is COc1cccc(C23CCN(C(=O)C4CC4)CC2Cc2c([nH]c4cc([N+](=O)[O-])ccc24)C3)c1. The Morgan fingerprint density at radius 1 is 1.24 bits per heavy atom. The molecule has 0 spiro atoms. The number of nitro groups is 1. The van der Waals surface area contributed by atoms with Gasteiger partial charge in [-0.2, -0.15) is 0 Å². The third-order valence-corrected chi connectivity index (χ3v) is 8.06. The first-order valence-corrected chi connectivity index (χ1v) is 11.7. The first-order chi connectivity index (χ1) is 16.0. The highest BCUT2D eigenvalue weighted by molar-refractivity contribution is 5.87. The minimum Gasteiger partial charge on any atom is -0.497 e. The molecule has 2 unspecified atom stereocenters. The number of methoxy groups -OCH3 is 1. The predicted octanol–water partition coefficient (Wildman–Crippen LogP) is 4.38. The van der Waals surface area contributed by atoms with Crippen LogP contribution in [0, 0.1) is 22.0 Å². The molecular weight excluding hydrogens is 418 g/mol. The van der Waals surface area contributed by atoms with Gasteiger partial charge < -0.3 is 14.6 Å². The molecule has 2 aromatic carbocycles. The second-order valence-electron chi connectivity index (χ2n) is 9.84. The van der Waals surface area contributed by atoms with Crippen LogP contribution >= 0.6 is 0 Å². The van der Waals surface area contributed by atoms with Crippen LogP contribution in [0.15, 0.2) is 42.5 Å². The minimum absolute atomic E-state index is 0.0993. The second kappa shape index (κ2) is 7.33. The molecule has 7 nitrogen and oxygen atoms in total. The van der Waals surface area contributed by atoms with E-state index < -0.39 is 0 Å². The van der Waals surface area contributed by atoms with Gasteiger partial charge in [-0.3, -0.25) is 14.9 Å². The maximum atomic E-state index is 12.9. The summed E-state index contributed by atoms with van der Waals surface area (Å²) in [6.45, 7) is 1.52. The lowest BCUT2D eigenvalue weighted by molar-refractivity contribution is -0.384. The number of hydrogen-bond donors (Lipinski definition) is 1. The van der Waals surface area contributed by atoms with E-state index in [1.54, 1.807) is 19.2 Å². The Kier molecular flexibility index (Phi) is 4.50. The number of amides is 1. The number of hydrogen-bond acceptors (Lipinski definition) is 4. The molecular formula is C26H27N3O4. The first-order valence-electron chi connectivity index (χ1n) is 11.7. The maximum absolute atomic E-state index is 12.9. The lowest BCUT2D eigenvalue weighted by Crippen LogP contribution is -2.55. The number of ether oxygens (including phenoxy) is 1. The zero-order valence-corrected chi connectivity index (χ0v) is 18.7. The van der Waals surface area contributed by atoms with Crippen molar-refractivity contribution < 1.29 is 14.5 Å². The normalized spacial score (nSPS) is 24.3. The minimum atomic E-state index is -0.349. The van der Waals surface area contributed by atoms with Crippen molar-refractivity contribution in [1.82, 2.24) is 9.88 Å². The van der Waals surface area contributed by atoms with Crippen LogP contribution in [-0.2, 0) is 23.1 Å². The Labute approximate surface area is 191 Å². The van der Waals surface area contributed by atoms with E-state index in [0.29, 0.717) is 5.91 Å². The Bertz CT molecular complexity index is 1280. The van der Waals surface area contributed by atoms with Crippen LogP contribution in [0.2, 0.25) is 0 Å². The number of nitrogens with zero attached hydrogens (tertiary/aromatic N) is 2. The number of non-ortho nitro benzene ring substituents is 1. The maximum Gasteiger partial charge on any atom is 0.271 e. The summed E-state index contributed by atoms with van der Waals surface area (Å²) < 4.78 is 5.54. The predicted molar refractivity (Wildman–Crippen MR) is 124 cm³/mol. The zero-order chi connectivity index (χ0) is 22.7. The molecule has 2 heterocycles. The number of benzene rings is 2. The Balaban J connectivity index is 1.45. The smallest absolute Gasteiger partial charge is 0.271 e. The van der Waals surface area contributed by atoms with Gasteiger partial charge in [-0.25, -0.2) is 0 Å². The highest BCUT2D eigenvalue weighted by Crippen LogP contribution is 2.50. The molecule has 1 amide bonds. The molecule has 1 N–H and O–H groups in total. The average Bonchev–Trinajstić information content (AvgIpc) is 3.63. The molecule has 3 aliphatic rings. The van der Waals surface area contributed by atoms with Gasteiger partial charge in [0.1, 0.15) is 5.75 Å². The quantitative estimate of drug-likeness (QED) is 0.477. The van der Waals surface area contributed by atoms with Crippen molar-refractivity contribution in [3.8, 4) is 5.75 Å². The number of aromatic nitrogens is 1. The van der Waals surface area contributed by atoms with Crippen molar-refractivity contribution in [3.05, 3.63) is 69.4 Å². The third-order valence-electron chi connectivity index (χ3n) is 8.06. The molecule has 1 aromatic heterocycles. The van der Waals surface area contributed by atoms with Crippen LogP contribution in [0.25, 0.3) is 10.9 Å². The Morgan fingerprint density at radius 3 is 2.85 bits per heavy atom. The zero-order valence-electron chi connectivity index (χ0n) is 18.7. The Morgan fingerprint density at radius 2 is 2.09 bits per heavy atom. The summed E-state index contributed by atoms with van der Waals surface area (Å²) in [6, 6.07) is 13.4. The summed E-state index contributed by atoms with van der Waals surface area (Å²) in [5.74, 6) is 1.66. The molecule has 33 heavy (non-hydrogen) atoms. The topological polar surface area (TPSA) is 88.5 Å². The summed E-state index contributed by atoms with van der Waals surface area (Å²) in [5, 5.41) is 12.3. The molecule has 7 heteroatoms. The van der Waals surface area contributed by atoms with Gasteiger partial charge in [0.2, 0.25) is 5.91 Å². The first kappa shape index (κ1) is 20.3. The third kappa shape index (κ3) is 3.21. The Hall–Kier alpha value is -3.35. The van der Waals surface area contributed by atoms with Gasteiger partial charge in [-0.1, -0.05) is 12.1 Å². The average molecular weight is 446 g/mol. The summed E-state index contributed by atoms with van der Waals surface area (Å²) >= 11 is 0. The molecule has 3 aromatic rings. The number of piperidine rings is 1. The fraction of sp³-hybridized carbons (Fsp3) is 0.423. The van der Waals surface area contributed by atoms with Gasteiger partial charge in [-0.05, 0) is 67.3 Å². The number of aromatic amines is 1. The molecule has 2 aliphatic carbocycles. The monoisotopic (exact) mass is 445 g/mol. The van der Waals surface area contributed by atoms with E-state index in [4.69, 9.17) is 4.74 Å². The van der Waals surface area contributed by atoms with Crippen LogP contribution in [0.1, 0.15) is 36.1 Å². The molecule has 1 saturated carbocycles.